The van der Waals surface area contributed by atoms with Gasteiger partial charge in [0, 0.05) is 18.5 Å². The lowest BCUT2D eigenvalue weighted by Gasteiger charge is -2.29. The molecule has 3 aromatic rings. The summed E-state index contributed by atoms with van der Waals surface area (Å²) in [6.45, 7) is 6.94. The smallest absolute Gasteiger partial charge is 0.129 e. The van der Waals surface area contributed by atoms with E-state index in [1.54, 1.807) is 0 Å². The van der Waals surface area contributed by atoms with Crippen molar-refractivity contribution in [2.75, 3.05) is 11.4 Å². The number of hydrogen-bond acceptors (Lipinski definition) is 4. The Kier molecular flexibility index (Phi) is 4.35. The van der Waals surface area contributed by atoms with E-state index in [0.717, 1.165) is 55.9 Å². The molecule has 0 radical (unpaired) electrons. The maximum Gasteiger partial charge on any atom is 0.129 e. The van der Waals surface area contributed by atoms with E-state index in [0.29, 0.717) is 5.92 Å². The van der Waals surface area contributed by atoms with E-state index in [-0.39, 0.29) is 0 Å². The van der Waals surface area contributed by atoms with Gasteiger partial charge in [0.05, 0.1) is 23.4 Å². The molecule has 1 aliphatic heterocycles. The van der Waals surface area contributed by atoms with E-state index in [1.807, 2.05) is 0 Å². The molecule has 1 N–H and O–H groups in total. The second-order valence-corrected chi connectivity index (χ2v) is 8.51. The van der Waals surface area contributed by atoms with Gasteiger partial charge in [0.1, 0.15) is 11.9 Å². The minimum atomic E-state index is -0.411. The van der Waals surface area contributed by atoms with Gasteiger partial charge in [-0.05, 0) is 68.9 Å². The molecular weight excluding hydrogens is 348 g/mol. The second kappa shape index (κ2) is 6.89. The maximum absolute atomic E-state index is 10.6. The van der Waals surface area contributed by atoms with Crippen LogP contribution in [0.25, 0.3) is 10.9 Å². The number of aromatic nitrogens is 3. The van der Waals surface area contributed by atoms with Crippen LogP contribution in [0.1, 0.15) is 54.3 Å². The number of rotatable bonds is 3. The van der Waals surface area contributed by atoms with Gasteiger partial charge in [-0.15, -0.1) is 0 Å². The molecule has 3 heterocycles. The molecule has 5 nitrogen and oxygen atoms in total. The molecule has 28 heavy (non-hydrogen) atoms. The highest BCUT2D eigenvalue weighted by Gasteiger charge is 2.30. The van der Waals surface area contributed by atoms with Crippen molar-refractivity contribution in [3.63, 3.8) is 0 Å². The van der Waals surface area contributed by atoms with Crippen LogP contribution < -0.4 is 4.90 Å². The van der Waals surface area contributed by atoms with Crippen LogP contribution in [0.5, 0.6) is 0 Å². The largest absolute Gasteiger partial charge is 0.386 e. The third-order valence-electron chi connectivity index (χ3n) is 6.41. The Morgan fingerprint density at radius 2 is 1.93 bits per heavy atom. The van der Waals surface area contributed by atoms with E-state index in [2.05, 4.69) is 53.8 Å². The predicted octanol–water partition coefficient (Wildman–Crippen LogP) is 4.29. The number of aliphatic hydroxyl groups excluding tert-OH is 1. The lowest BCUT2D eigenvalue weighted by Crippen LogP contribution is -2.24. The first kappa shape index (κ1) is 17.7. The van der Waals surface area contributed by atoms with Crippen LogP contribution in [0, 0.1) is 19.8 Å². The van der Waals surface area contributed by atoms with Gasteiger partial charge in [-0.25, -0.2) is 4.98 Å². The molecule has 146 valence electrons. The van der Waals surface area contributed by atoms with Gasteiger partial charge < -0.3 is 10.0 Å². The molecule has 5 heteroatoms. The average Bonchev–Trinajstić information content (AvgIpc) is 2.92. The summed E-state index contributed by atoms with van der Waals surface area (Å²) in [5.74, 6) is 1.42. The maximum atomic E-state index is 10.6. The highest BCUT2D eigenvalue weighted by Crippen LogP contribution is 2.37. The average molecular weight is 377 g/mol. The zero-order valence-electron chi connectivity index (χ0n) is 16.7. The lowest BCUT2D eigenvalue weighted by atomic mass is 9.80. The van der Waals surface area contributed by atoms with E-state index in [9.17, 15) is 5.11 Å². The summed E-state index contributed by atoms with van der Waals surface area (Å²) in [4.78, 5) is 7.31. The summed E-state index contributed by atoms with van der Waals surface area (Å²) in [7, 11) is 0. The first-order valence-corrected chi connectivity index (χ1v) is 10.5. The number of benzene rings is 1. The van der Waals surface area contributed by atoms with Gasteiger partial charge in [0.15, 0.2) is 0 Å². The Morgan fingerprint density at radius 3 is 2.71 bits per heavy atom. The monoisotopic (exact) mass is 376 g/mol. The minimum Gasteiger partial charge on any atom is -0.386 e. The fraction of sp³-hybridized carbons (Fsp3) is 0.478. The summed E-state index contributed by atoms with van der Waals surface area (Å²) in [5.41, 5.74) is 5.61. The molecule has 0 unspecified atom stereocenters. The van der Waals surface area contributed by atoms with Crippen molar-refractivity contribution in [2.45, 2.75) is 58.7 Å². The molecule has 1 saturated carbocycles. The van der Waals surface area contributed by atoms with Gasteiger partial charge in [0.25, 0.3) is 0 Å². The highest BCUT2D eigenvalue weighted by molar-refractivity contribution is 5.84. The van der Waals surface area contributed by atoms with Gasteiger partial charge in [0.2, 0.25) is 0 Å². The molecule has 0 amide bonds. The minimum absolute atomic E-state index is 0.392. The fourth-order valence-corrected chi connectivity index (χ4v) is 4.47. The van der Waals surface area contributed by atoms with Crippen molar-refractivity contribution in [2.24, 2.45) is 5.92 Å². The van der Waals surface area contributed by atoms with Crippen molar-refractivity contribution in [3.8, 4) is 0 Å². The molecule has 0 spiro atoms. The van der Waals surface area contributed by atoms with E-state index >= 15 is 0 Å². The molecule has 1 atom stereocenters. The molecule has 1 aliphatic carbocycles. The number of fused-ring (bicyclic) bond motifs is 2. The van der Waals surface area contributed by atoms with Gasteiger partial charge in [-0.1, -0.05) is 18.1 Å². The van der Waals surface area contributed by atoms with Crippen LogP contribution >= 0.6 is 0 Å². The predicted molar refractivity (Wildman–Crippen MR) is 111 cm³/mol. The molecule has 1 fully saturated rings. The Bertz CT molecular complexity index is 1020. The molecule has 2 aliphatic rings. The van der Waals surface area contributed by atoms with Gasteiger partial charge in [-0.3, -0.25) is 4.68 Å². The van der Waals surface area contributed by atoms with Crippen molar-refractivity contribution in [1.82, 2.24) is 14.8 Å². The van der Waals surface area contributed by atoms with Crippen LogP contribution in [0.4, 0.5) is 5.82 Å². The zero-order chi connectivity index (χ0) is 19.3. The fourth-order valence-electron chi connectivity index (χ4n) is 4.47. The number of hydrogen-bond donors (Lipinski definition) is 1. The number of aliphatic hydroxyl groups is 1. The van der Waals surface area contributed by atoms with E-state index < -0.39 is 6.10 Å². The number of anilines is 1. The van der Waals surface area contributed by atoms with Crippen LogP contribution in [0.15, 0.2) is 30.3 Å². The molecular formula is C23H28N4O. The SMILES string of the molecule is Cc1ccc2nc(N3CCCn4nc([C@@H](O)C5CCC5)cc4C3)cc(C)c2c1. The molecule has 0 saturated heterocycles. The summed E-state index contributed by atoms with van der Waals surface area (Å²) < 4.78 is 2.09. The van der Waals surface area contributed by atoms with Crippen LogP contribution in [0.3, 0.4) is 0 Å². The number of pyridine rings is 1. The van der Waals surface area contributed by atoms with Crippen molar-refractivity contribution in [3.05, 3.63) is 52.8 Å². The summed E-state index contributed by atoms with van der Waals surface area (Å²) in [5, 5.41) is 16.6. The molecule has 0 bridgehead atoms. The van der Waals surface area contributed by atoms with Crippen molar-refractivity contribution >= 4 is 16.7 Å². The van der Waals surface area contributed by atoms with Crippen molar-refractivity contribution in [1.29, 1.82) is 0 Å². The summed E-state index contributed by atoms with van der Waals surface area (Å²) >= 11 is 0. The Hall–Kier alpha value is -2.40. The van der Waals surface area contributed by atoms with Crippen LogP contribution in [-0.4, -0.2) is 26.4 Å². The second-order valence-electron chi connectivity index (χ2n) is 8.51. The molecule has 2 aromatic heterocycles. The van der Waals surface area contributed by atoms with Gasteiger partial charge in [-0.2, -0.15) is 5.10 Å². The third-order valence-corrected chi connectivity index (χ3v) is 6.41. The first-order chi connectivity index (χ1) is 13.6. The van der Waals surface area contributed by atoms with E-state index in [4.69, 9.17) is 10.1 Å². The standard InChI is InChI=1S/C23H28N4O/c1-15-7-8-20-19(11-15)16(2)12-22(24-20)26-9-4-10-27-18(14-26)13-21(25-27)23(28)17-5-3-6-17/h7-8,11-13,17,23,28H,3-6,9-10,14H2,1-2H3/t23-/m0/s1. The zero-order valence-corrected chi connectivity index (χ0v) is 16.7. The van der Waals surface area contributed by atoms with Crippen molar-refractivity contribution < 1.29 is 5.11 Å². The Balaban J connectivity index is 1.45. The van der Waals surface area contributed by atoms with E-state index in [1.165, 1.54) is 28.6 Å². The molecule has 1 aromatic carbocycles. The topological polar surface area (TPSA) is 54.2 Å². The van der Waals surface area contributed by atoms with Crippen LogP contribution in [-0.2, 0) is 13.1 Å². The normalized spacial score (nSPS) is 18.6. The quantitative estimate of drug-likeness (QED) is 0.741. The number of aryl methyl sites for hydroxylation is 3. The lowest BCUT2D eigenvalue weighted by molar-refractivity contribution is 0.0581. The number of nitrogens with zero attached hydrogens (tertiary/aromatic N) is 4. The Labute approximate surface area is 166 Å². The van der Waals surface area contributed by atoms with Crippen LogP contribution in [0.2, 0.25) is 0 Å². The Morgan fingerprint density at radius 1 is 1.07 bits per heavy atom. The highest BCUT2D eigenvalue weighted by atomic mass is 16.3. The summed E-state index contributed by atoms with van der Waals surface area (Å²) in [6, 6.07) is 10.8. The van der Waals surface area contributed by atoms with Gasteiger partial charge >= 0.3 is 0 Å². The summed E-state index contributed by atoms with van der Waals surface area (Å²) in [6.07, 6.45) is 4.09. The third kappa shape index (κ3) is 3.08. The first-order valence-electron chi connectivity index (χ1n) is 10.5. The molecule has 5 rings (SSSR count).